The Balaban J connectivity index is 0.677. The highest BCUT2D eigenvalue weighted by Gasteiger charge is 2.69. The average molecular weight is 1120 g/mol. The number of hydrogen-bond acceptors (Lipinski definition) is 13. The van der Waals surface area contributed by atoms with Crippen LogP contribution in [-0.2, 0) is 62.0 Å². The standard InChI is InChI=1S/C54H57N17O11/c1-26-42(53(81)82-9)43-44(56-26)37(73)17-38-54(43)18-28(54)19-71(38)52(80)36-16-32(23-68(36)6)59-49(77)35-15-31(22-67(35)5)61-51(79)46-64-40(25-70(46)8)62-41(74)11-10-12-55-47(75)33-13-29(20-65(33)3)58-48(76)34-14-30(21-66(34)4)60-50(78)45-63-39(24-69(45)7)57-27(2)72/h13-17,20-25,28,56H,10-12,18-19H2,1-9H3,(H,55,75)(H,57,72)(H,58,76)(H,59,77)(H,60,78)(H,61,79)(H,62,74)/t28-,54+/m1/s1. The summed E-state index contributed by atoms with van der Waals surface area (Å²) in [6, 6.07) is 5.97. The smallest absolute Gasteiger partial charge is 0.340 e. The second-order valence-corrected chi connectivity index (χ2v) is 20.5. The molecule has 28 heteroatoms. The molecule has 7 aromatic heterocycles. The quantitative estimate of drug-likeness (QED) is 0.0479. The fourth-order valence-corrected chi connectivity index (χ4v) is 10.8. The minimum atomic E-state index is -0.671. The van der Waals surface area contributed by atoms with Gasteiger partial charge in [0.2, 0.25) is 29.2 Å². The fourth-order valence-electron chi connectivity index (χ4n) is 10.8. The molecular weight excluding hydrogens is 1060 g/mol. The van der Waals surface area contributed by atoms with Crippen molar-refractivity contribution >= 4 is 93.4 Å². The summed E-state index contributed by atoms with van der Waals surface area (Å²) in [5, 5.41) is 19.0. The van der Waals surface area contributed by atoms with E-state index in [1.165, 1.54) is 85.8 Å². The molecule has 3 aliphatic rings. The highest BCUT2D eigenvalue weighted by molar-refractivity contribution is 6.12. The summed E-state index contributed by atoms with van der Waals surface area (Å²) in [6.07, 6.45) is 11.6. The molecule has 2 atom stereocenters. The summed E-state index contributed by atoms with van der Waals surface area (Å²) in [5.74, 6) is -4.43. The van der Waals surface area contributed by atoms with Crippen LogP contribution in [0.1, 0.15) is 121 Å². The van der Waals surface area contributed by atoms with E-state index >= 15 is 0 Å². The molecule has 2 aliphatic carbocycles. The zero-order valence-electron chi connectivity index (χ0n) is 46.0. The van der Waals surface area contributed by atoms with Gasteiger partial charge in [0.25, 0.3) is 35.4 Å². The highest BCUT2D eigenvalue weighted by Crippen LogP contribution is 2.67. The summed E-state index contributed by atoms with van der Waals surface area (Å²) in [4.78, 5) is 144. The van der Waals surface area contributed by atoms with Crippen molar-refractivity contribution in [2.75, 3.05) is 52.1 Å². The Morgan fingerprint density at radius 3 is 1.62 bits per heavy atom. The summed E-state index contributed by atoms with van der Waals surface area (Å²) in [6.45, 7) is 3.50. The van der Waals surface area contributed by atoms with Crippen LogP contribution in [0.3, 0.4) is 0 Å². The van der Waals surface area contributed by atoms with Crippen LogP contribution >= 0.6 is 0 Å². The first kappa shape index (κ1) is 54.8. The van der Waals surface area contributed by atoms with Crippen LogP contribution in [0.2, 0.25) is 0 Å². The van der Waals surface area contributed by atoms with Crippen LogP contribution in [0.25, 0.3) is 0 Å². The molecule has 1 saturated heterocycles. The zero-order chi connectivity index (χ0) is 58.8. The lowest BCUT2D eigenvalue weighted by atomic mass is 9.82. The minimum absolute atomic E-state index is 0.00326. The maximum absolute atomic E-state index is 14.2. The first-order valence-corrected chi connectivity index (χ1v) is 25.7. The molecule has 7 aromatic rings. The molecule has 1 spiro atoms. The molecule has 28 nitrogen and oxygen atoms in total. The highest BCUT2D eigenvalue weighted by atomic mass is 16.5. The first-order valence-electron chi connectivity index (χ1n) is 25.7. The van der Waals surface area contributed by atoms with Gasteiger partial charge in [-0.2, -0.15) is 0 Å². The van der Waals surface area contributed by atoms with Gasteiger partial charge in [0.15, 0.2) is 11.6 Å². The first-order chi connectivity index (χ1) is 38.9. The predicted octanol–water partition coefficient (Wildman–Crippen LogP) is 3.54. The summed E-state index contributed by atoms with van der Waals surface area (Å²) < 4.78 is 14.1. The number of aromatic amines is 1. The molecule has 8 amide bonds. The number of ether oxygens (including phenoxy) is 1. The number of rotatable bonds is 17. The average Bonchev–Trinajstić information content (AvgIpc) is 3.26. The summed E-state index contributed by atoms with van der Waals surface area (Å²) in [5.41, 5.74) is 3.71. The van der Waals surface area contributed by atoms with Crippen molar-refractivity contribution in [2.45, 2.75) is 38.5 Å². The Morgan fingerprint density at radius 1 is 0.634 bits per heavy atom. The van der Waals surface area contributed by atoms with E-state index in [-0.39, 0.29) is 94.6 Å². The molecule has 10 rings (SSSR count). The zero-order valence-corrected chi connectivity index (χ0v) is 46.0. The van der Waals surface area contributed by atoms with Gasteiger partial charge >= 0.3 is 5.97 Å². The number of nitrogens with zero attached hydrogens (tertiary/aromatic N) is 9. The number of anilines is 6. The molecule has 0 bridgehead atoms. The van der Waals surface area contributed by atoms with Crippen LogP contribution in [-0.4, -0.2) is 126 Å². The number of hydrogen-bond donors (Lipinski definition) is 8. The van der Waals surface area contributed by atoms with Crippen molar-refractivity contribution in [3.05, 3.63) is 130 Å². The lowest BCUT2D eigenvalue weighted by molar-refractivity contribution is -0.116. The summed E-state index contributed by atoms with van der Waals surface area (Å²) >= 11 is 0. The third-order valence-electron chi connectivity index (χ3n) is 14.6. The van der Waals surface area contributed by atoms with Gasteiger partial charge in [-0.05, 0) is 49.9 Å². The van der Waals surface area contributed by atoms with Crippen molar-refractivity contribution in [3.8, 4) is 0 Å². The monoisotopic (exact) mass is 1120 g/mol. The molecule has 8 N–H and O–H groups in total. The van der Waals surface area contributed by atoms with Crippen LogP contribution < -0.4 is 37.2 Å². The van der Waals surface area contributed by atoms with Crippen molar-refractivity contribution in [2.24, 2.45) is 48.2 Å². The topological polar surface area (TPSA) is 339 Å². The number of piperidine rings is 1. The van der Waals surface area contributed by atoms with E-state index in [0.717, 1.165) is 0 Å². The lowest BCUT2D eigenvalue weighted by Gasteiger charge is -2.28. The van der Waals surface area contributed by atoms with E-state index in [0.29, 0.717) is 58.2 Å². The minimum Gasteiger partial charge on any atom is -0.465 e. The van der Waals surface area contributed by atoms with Gasteiger partial charge in [-0.3, -0.25) is 43.2 Å². The molecule has 0 radical (unpaired) electrons. The van der Waals surface area contributed by atoms with Crippen LogP contribution in [0.15, 0.2) is 73.2 Å². The number of esters is 1. The molecule has 8 heterocycles. The van der Waals surface area contributed by atoms with E-state index in [1.54, 1.807) is 77.3 Å². The van der Waals surface area contributed by atoms with Gasteiger partial charge in [-0.15, -0.1) is 0 Å². The second-order valence-electron chi connectivity index (χ2n) is 20.5. The Labute approximate surface area is 466 Å². The van der Waals surface area contributed by atoms with Gasteiger partial charge in [0.05, 0.1) is 41.1 Å². The number of carbonyl (C=O) groups excluding carboxylic acids is 10. The van der Waals surface area contributed by atoms with E-state index in [2.05, 4.69) is 52.2 Å². The van der Waals surface area contributed by atoms with Gasteiger partial charge in [-0.1, -0.05) is 0 Å². The molecule has 1 aliphatic heterocycles. The SMILES string of the molecule is COC(=O)c1c(C)[nH]c2c1[C@@]13C[C@@H]1CN(C(=O)c1cc(NC(=O)c4cc(NC(=O)c5nc(NC(=O)CCCNC(=O)c6cc(NC(=O)c7cc(NC(=O)c8nc(NC(C)=O)cn8C)cn7C)cn6C)cn5C)cn4C)cn1C)C3=CC2=O. The van der Waals surface area contributed by atoms with Gasteiger partial charge < -0.3 is 79.2 Å². The molecule has 0 unspecified atom stereocenters. The van der Waals surface area contributed by atoms with E-state index < -0.39 is 46.8 Å². The number of aryl methyl sites for hydroxylation is 7. The number of allylic oxidation sites excluding steroid dienone is 2. The van der Waals surface area contributed by atoms with Crippen molar-refractivity contribution < 1.29 is 52.7 Å². The molecular formula is C54H57N17O11. The van der Waals surface area contributed by atoms with Crippen molar-refractivity contribution in [1.29, 1.82) is 0 Å². The molecule has 1 saturated carbocycles. The second kappa shape index (κ2) is 20.9. The molecule has 82 heavy (non-hydrogen) atoms. The van der Waals surface area contributed by atoms with E-state index in [1.807, 2.05) is 0 Å². The third-order valence-corrected chi connectivity index (χ3v) is 14.6. The number of carbonyl (C=O) groups is 10. The number of aromatic nitrogens is 9. The normalized spacial score (nSPS) is 15.6. The maximum Gasteiger partial charge on any atom is 0.340 e. The number of methoxy groups -OCH3 is 1. The fraction of sp³-hybridized carbons (Fsp3) is 0.296. The van der Waals surface area contributed by atoms with E-state index in [9.17, 15) is 47.9 Å². The van der Waals surface area contributed by atoms with Crippen molar-refractivity contribution in [3.63, 3.8) is 0 Å². The van der Waals surface area contributed by atoms with Gasteiger partial charge in [0, 0.05) is 134 Å². The molecule has 424 valence electrons. The number of H-pyrrole nitrogens is 1. The predicted molar refractivity (Wildman–Crippen MR) is 294 cm³/mol. The third kappa shape index (κ3) is 10.1. The Hall–Kier alpha value is -10.5. The molecule has 2 fully saturated rings. The van der Waals surface area contributed by atoms with Gasteiger partial charge in [-0.25, -0.2) is 14.8 Å². The maximum atomic E-state index is 14.2. The van der Waals surface area contributed by atoms with Crippen LogP contribution in [0, 0.1) is 12.8 Å². The lowest BCUT2D eigenvalue weighted by Crippen LogP contribution is -2.35. The largest absolute Gasteiger partial charge is 0.465 e. The number of imidazole rings is 2. The number of fused-ring (bicyclic) bond motifs is 1. The number of nitrogens with one attached hydrogen (secondary N) is 8. The Bertz CT molecular complexity index is 3940. The van der Waals surface area contributed by atoms with E-state index in [4.69, 9.17) is 4.74 Å². The molecule has 0 aromatic carbocycles. The number of likely N-dealkylation sites (tertiary alicyclic amines) is 1. The van der Waals surface area contributed by atoms with Gasteiger partial charge in [0.1, 0.15) is 22.8 Å². The Morgan fingerprint density at radius 2 is 1.11 bits per heavy atom. The number of amides is 8. The Kier molecular flexibility index (Phi) is 14.0. The van der Waals surface area contributed by atoms with Crippen molar-refractivity contribution in [1.82, 2.24) is 52.6 Å². The number of ketones is 1. The summed E-state index contributed by atoms with van der Waals surface area (Å²) in [7, 11) is 11.0. The van der Waals surface area contributed by atoms with Crippen LogP contribution in [0.5, 0.6) is 0 Å². The van der Waals surface area contributed by atoms with Crippen LogP contribution in [0.4, 0.5) is 34.4 Å².